The van der Waals surface area contributed by atoms with Gasteiger partial charge < -0.3 is 15.4 Å². The first-order chi connectivity index (χ1) is 11.0. The number of nitrogens with two attached hydrogens (primary N) is 1. The number of likely N-dealkylation sites (N-methyl/N-ethyl adjacent to an activating group) is 1. The lowest BCUT2D eigenvalue weighted by atomic mass is 10.3. The van der Waals surface area contributed by atoms with Gasteiger partial charge >= 0.3 is 0 Å². The molecule has 2 heterocycles. The molecule has 2 aromatic heterocycles. The molecule has 3 aromatic rings. The van der Waals surface area contributed by atoms with Gasteiger partial charge in [-0.25, -0.2) is 0 Å². The highest BCUT2D eigenvalue weighted by Crippen LogP contribution is 2.23. The van der Waals surface area contributed by atoms with Crippen LogP contribution in [0.4, 0.5) is 11.8 Å². The first-order valence-corrected chi connectivity index (χ1v) is 7.88. The first-order valence-electron chi connectivity index (χ1n) is 7.09. The molecular formula is C15H17BrN6O. The zero-order valence-corrected chi connectivity index (χ0v) is 14.5. The zero-order chi connectivity index (χ0) is 16.4. The maximum Gasteiger partial charge on any atom is 0.224 e. The molecule has 2 N–H and O–H groups in total. The standard InChI is InChI=1S/C15H17BrN6O/c1-21(7-8-23-11-5-3-10(16)4-6-11)13-12-9-18-22(2)14(12)20-15(17)19-13/h3-6,9H,7-8H2,1-2H3,(H2,17,19,20). The van der Waals surface area contributed by atoms with Crippen LogP contribution in [0, 0.1) is 0 Å². The molecule has 1 aromatic carbocycles. The molecule has 0 atom stereocenters. The number of aryl methyl sites for hydroxylation is 1. The monoisotopic (exact) mass is 376 g/mol. The lowest BCUT2D eigenvalue weighted by molar-refractivity contribution is 0.325. The van der Waals surface area contributed by atoms with E-state index in [1.165, 1.54) is 0 Å². The largest absolute Gasteiger partial charge is 0.492 e. The summed E-state index contributed by atoms with van der Waals surface area (Å²) in [6, 6.07) is 7.74. The topological polar surface area (TPSA) is 82.1 Å². The number of aromatic nitrogens is 4. The minimum atomic E-state index is 0.233. The highest BCUT2D eigenvalue weighted by molar-refractivity contribution is 9.10. The normalized spacial score (nSPS) is 10.9. The summed E-state index contributed by atoms with van der Waals surface area (Å²) in [5, 5.41) is 5.08. The number of hydrogen-bond donors (Lipinski definition) is 1. The van der Waals surface area contributed by atoms with Crippen molar-refractivity contribution in [2.45, 2.75) is 0 Å². The molecule has 23 heavy (non-hydrogen) atoms. The molecule has 0 aliphatic rings. The minimum Gasteiger partial charge on any atom is -0.492 e. The van der Waals surface area contributed by atoms with E-state index < -0.39 is 0 Å². The summed E-state index contributed by atoms with van der Waals surface area (Å²) in [6.07, 6.45) is 1.75. The number of halogens is 1. The average Bonchev–Trinajstić information content (AvgIpc) is 2.90. The van der Waals surface area contributed by atoms with E-state index in [0.29, 0.717) is 18.8 Å². The molecule has 120 valence electrons. The quantitative estimate of drug-likeness (QED) is 0.734. The third-order valence-electron chi connectivity index (χ3n) is 3.46. The molecule has 0 bridgehead atoms. The second kappa shape index (κ2) is 6.41. The van der Waals surface area contributed by atoms with E-state index >= 15 is 0 Å². The molecule has 0 amide bonds. The van der Waals surface area contributed by atoms with Crippen LogP contribution in [-0.4, -0.2) is 39.9 Å². The smallest absolute Gasteiger partial charge is 0.224 e. The van der Waals surface area contributed by atoms with Crippen molar-refractivity contribution in [2.75, 3.05) is 30.8 Å². The highest BCUT2D eigenvalue weighted by atomic mass is 79.9. The van der Waals surface area contributed by atoms with Gasteiger partial charge in [0.05, 0.1) is 18.1 Å². The fraction of sp³-hybridized carbons (Fsp3) is 0.267. The third-order valence-corrected chi connectivity index (χ3v) is 3.99. The number of nitrogens with zero attached hydrogens (tertiary/aromatic N) is 5. The number of hydrogen-bond acceptors (Lipinski definition) is 6. The van der Waals surface area contributed by atoms with Crippen LogP contribution < -0.4 is 15.4 Å². The summed E-state index contributed by atoms with van der Waals surface area (Å²) in [5.74, 6) is 1.81. The predicted molar refractivity (Wildman–Crippen MR) is 93.6 cm³/mol. The molecule has 0 aliphatic heterocycles. The molecule has 8 heteroatoms. The summed E-state index contributed by atoms with van der Waals surface area (Å²) in [5.41, 5.74) is 6.51. The summed E-state index contributed by atoms with van der Waals surface area (Å²) >= 11 is 3.40. The van der Waals surface area contributed by atoms with E-state index in [1.54, 1.807) is 10.9 Å². The molecule has 0 unspecified atom stereocenters. The maximum absolute atomic E-state index is 5.80. The van der Waals surface area contributed by atoms with Gasteiger partial charge in [0, 0.05) is 18.6 Å². The number of anilines is 2. The Balaban J connectivity index is 1.71. The van der Waals surface area contributed by atoms with Crippen LogP contribution in [0.25, 0.3) is 11.0 Å². The van der Waals surface area contributed by atoms with Gasteiger partial charge in [-0.1, -0.05) is 15.9 Å². The Labute approximate surface area is 142 Å². The summed E-state index contributed by atoms with van der Waals surface area (Å²) < 4.78 is 8.45. The Kier molecular flexibility index (Phi) is 4.33. The number of rotatable bonds is 5. The summed E-state index contributed by atoms with van der Waals surface area (Å²) in [4.78, 5) is 10.5. The Morgan fingerprint density at radius 1 is 1.26 bits per heavy atom. The van der Waals surface area contributed by atoms with Gasteiger partial charge in [0.15, 0.2) is 5.65 Å². The van der Waals surface area contributed by atoms with Crippen molar-refractivity contribution in [3.63, 3.8) is 0 Å². The number of fused-ring (bicyclic) bond motifs is 1. The molecule has 3 rings (SSSR count). The Hall–Kier alpha value is -2.35. The fourth-order valence-corrected chi connectivity index (χ4v) is 2.52. The zero-order valence-electron chi connectivity index (χ0n) is 12.9. The van der Waals surface area contributed by atoms with Gasteiger partial charge in [0.1, 0.15) is 18.2 Å². The van der Waals surface area contributed by atoms with Crippen LogP contribution in [0.3, 0.4) is 0 Å². The molecule has 7 nitrogen and oxygen atoms in total. The van der Waals surface area contributed by atoms with Crippen molar-refractivity contribution in [3.8, 4) is 5.75 Å². The van der Waals surface area contributed by atoms with Gasteiger partial charge in [-0.15, -0.1) is 0 Å². The number of benzene rings is 1. The van der Waals surface area contributed by atoms with Crippen molar-refractivity contribution in [1.29, 1.82) is 0 Å². The van der Waals surface area contributed by atoms with Crippen LogP contribution in [0.1, 0.15) is 0 Å². The Morgan fingerprint density at radius 3 is 2.74 bits per heavy atom. The van der Waals surface area contributed by atoms with Gasteiger partial charge in [-0.3, -0.25) is 4.68 Å². The highest BCUT2D eigenvalue weighted by Gasteiger charge is 2.13. The molecule has 0 fully saturated rings. The van der Waals surface area contributed by atoms with Crippen molar-refractivity contribution in [2.24, 2.45) is 7.05 Å². The lowest BCUT2D eigenvalue weighted by Gasteiger charge is -2.19. The first kappa shape index (κ1) is 15.5. The van der Waals surface area contributed by atoms with Crippen LogP contribution >= 0.6 is 15.9 Å². The molecule has 0 saturated heterocycles. The minimum absolute atomic E-state index is 0.233. The third kappa shape index (κ3) is 3.37. The van der Waals surface area contributed by atoms with E-state index in [1.807, 2.05) is 43.3 Å². The second-order valence-corrected chi connectivity index (χ2v) is 6.05. The molecule has 0 saturated carbocycles. The SMILES string of the molecule is CN(CCOc1ccc(Br)cc1)c1nc(N)nc2c1cnn2C. The van der Waals surface area contributed by atoms with Crippen LogP contribution in [0.15, 0.2) is 34.9 Å². The van der Waals surface area contributed by atoms with Crippen molar-refractivity contribution >= 4 is 38.7 Å². The Bertz CT molecular complexity index is 817. The molecular weight excluding hydrogens is 360 g/mol. The number of ether oxygens (including phenoxy) is 1. The van der Waals surface area contributed by atoms with E-state index in [9.17, 15) is 0 Å². The second-order valence-electron chi connectivity index (χ2n) is 5.13. The van der Waals surface area contributed by atoms with E-state index in [2.05, 4.69) is 31.0 Å². The van der Waals surface area contributed by atoms with E-state index in [0.717, 1.165) is 21.4 Å². The number of nitrogen functional groups attached to an aromatic ring is 1. The van der Waals surface area contributed by atoms with Crippen molar-refractivity contribution < 1.29 is 4.74 Å². The fourth-order valence-electron chi connectivity index (χ4n) is 2.25. The van der Waals surface area contributed by atoms with E-state index in [-0.39, 0.29) is 5.95 Å². The van der Waals surface area contributed by atoms with Crippen LogP contribution in [0.2, 0.25) is 0 Å². The Morgan fingerprint density at radius 2 is 2.00 bits per heavy atom. The van der Waals surface area contributed by atoms with Crippen LogP contribution in [-0.2, 0) is 7.05 Å². The van der Waals surface area contributed by atoms with Crippen LogP contribution in [0.5, 0.6) is 5.75 Å². The summed E-state index contributed by atoms with van der Waals surface area (Å²) in [6.45, 7) is 1.19. The molecule has 0 aliphatic carbocycles. The lowest BCUT2D eigenvalue weighted by Crippen LogP contribution is -2.25. The van der Waals surface area contributed by atoms with E-state index in [4.69, 9.17) is 10.5 Å². The predicted octanol–water partition coefficient (Wildman–Crippen LogP) is 2.22. The molecule has 0 spiro atoms. The van der Waals surface area contributed by atoms with Gasteiger partial charge in [-0.05, 0) is 24.3 Å². The van der Waals surface area contributed by atoms with Crippen molar-refractivity contribution in [3.05, 3.63) is 34.9 Å². The van der Waals surface area contributed by atoms with Crippen molar-refractivity contribution in [1.82, 2.24) is 19.7 Å². The summed E-state index contributed by atoms with van der Waals surface area (Å²) in [7, 11) is 3.77. The molecule has 0 radical (unpaired) electrons. The average molecular weight is 377 g/mol. The van der Waals surface area contributed by atoms with Gasteiger partial charge in [0.2, 0.25) is 5.95 Å². The van der Waals surface area contributed by atoms with Gasteiger partial charge in [-0.2, -0.15) is 15.1 Å². The van der Waals surface area contributed by atoms with Gasteiger partial charge in [0.25, 0.3) is 0 Å². The maximum atomic E-state index is 5.80.